The molecule has 280 valence electrons. The van der Waals surface area contributed by atoms with Gasteiger partial charge in [0.15, 0.2) is 24.0 Å². The van der Waals surface area contributed by atoms with Crippen LogP contribution >= 0.6 is 23.5 Å². The maximum Gasteiger partial charge on any atom is 0.313 e. The number of aromatic nitrogens is 8. The molecule has 4 aromatic rings. The number of aliphatic hydroxyl groups is 4. The maximum atomic E-state index is 12.3. The first-order valence-electron chi connectivity index (χ1n) is 14.1. The van der Waals surface area contributed by atoms with Gasteiger partial charge < -0.3 is 65.1 Å². The molecule has 51 heavy (non-hydrogen) atoms. The van der Waals surface area contributed by atoms with Crippen LogP contribution in [0.4, 0.5) is 11.8 Å². The molecule has 0 amide bonds. The number of hydrogen-bond acceptors (Lipinski definition) is 23. The van der Waals surface area contributed by atoms with Crippen LogP contribution in [0.1, 0.15) is 12.5 Å². The third kappa shape index (κ3) is 7.47. The van der Waals surface area contributed by atoms with Crippen LogP contribution in [0.3, 0.4) is 0 Å². The van der Waals surface area contributed by atoms with E-state index in [1.165, 1.54) is 17.9 Å². The van der Waals surface area contributed by atoms with E-state index in [2.05, 4.69) is 42.6 Å². The second-order valence-corrected chi connectivity index (χ2v) is 15.5. The molecule has 4 aromatic heterocycles. The second-order valence-electron chi connectivity index (χ2n) is 11.0. The predicted octanol–water partition coefficient (Wildman–Crippen LogP) is -5.74. The van der Waals surface area contributed by atoms with Gasteiger partial charge in [-0.2, -0.15) is 0 Å². The van der Waals surface area contributed by atoms with Crippen molar-refractivity contribution in [1.82, 2.24) is 34.1 Å². The van der Waals surface area contributed by atoms with Crippen molar-refractivity contribution < 1.29 is 80.5 Å². The first-order chi connectivity index (χ1) is 23.8. The minimum Gasteiger partial charge on any atom is -0.756 e. The van der Waals surface area contributed by atoms with Gasteiger partial charge in [-0.15, -0.1) is 0 Å². The van der Waals surface area contributed by atoms with Crippen LogP contribution in [0.2, 0.25) is 0 Å². The van der Waals surface area contributed by atoms with Gasteiger partial charge in [0.25, 0.3) is 35.0 Å². The summed E-state index contributed by atoms with van der Waals surface area (Å²) >= 11 is 0. The largest absolute Gasteiger partial charge is 0.756 e. The molecular formula is C21H27N10O17P3-2. The van der Waals surface area contributed by atoms with Crippen LogP contribution in [0, 0.1) is 0 Å². The molecule has 0 aliphatic carbocycles. The normalized spacial score (nSPS) is 30.4. The first kappa shape index (κ1) is 37.4. The number of anilines is 2. The first-order valence-corrected chi connectivity index (χ1v) is 18.5. The molecule has 0 bridgehead atoms. The van der Waals surface area contributed by atoms with Crippen LogP contribution in [0.25, 0.3) is 22.3 Å². The number of rotatable bonds is 12. The fourth-order valence-corrected chi connectivity index (χ4v) is 8.72. The molecule has 2 saturated heterocycles. The SMILES string of the molecule is Cn1c[n+]([C@@H]2O[C@H](COP(=O)([O-])OP(=O)([O-])OP(=O)([O-])OC[C@H]3O[C@@H](n4cnc5c(N)ncnc54)[C@H](O)[C@@H]3O)[C@@H](O)[C@H]2O)c2nc(N)[nH]c(=O)c21. The Morgan fingerprint density at radius 2 is 1.53 bits per heavy atom. The van der Waals surface area contributed by atoms with Gasteiger partial charge in [0.1, 0.15) is 48.5 Å². The van der Waals surface area contributed by atoms with E-state index in [9.17, 15) is 53.6 Å². The molecule has 6 rings (SSSR count). The lowest BCUT2D eigenvalue weighted by Crippen LogP contribution is -2.46. The molecule has 30 heteroatoms. The number of H-pyrrole nitrogens is 1. The van der Waals surface area contributed by atoms with Crippen molar-refractivity contribution in [2.24, 2.45) is 7.05 Å². The number of aryl methyl sites for hydroxylation is 1. The Balaban J connectivity index is 1.04. The molecule has 0 aromatic carbocycles. The average molecular weight is 784 g/mol. The smallest absolute Gasteiger partial charge is 0.313 e. The van der Waals surface area contributed by atoms with Gasteiger partial charge in [-0.3, -0.25) is 32.6 Å². The quantitative estimate of drug-likeness (QED) is 0.0519. The molecule has 0 spiro atoms. The molecule has 2 fully saturated rings. The number of phosphoric ester groups is 2. The van der Waals surface area contributed by atoms with Gasteiger partial charge in [-0.25, -0.2) is 28.1 Å². The second kappa shape index (κ2) is 13.6. The third-order valence-corrected chi connectivity index (χ3v) is 11.7. The number of nitrogens with one attached hydrogen (secondary N) is 1. The molecule has 0 radical (unpaired) electrons. The topological polar surface area (TPSA) is 407 Å². The Bertz CT molecular complexity index is 2160. The Morgan fingerprint density at radius 3 is 2.18 bits per heavy atom. The lowest BCUT2D eigenvalue weighted by Gasteiger charge is -2.34. The number of imidazole rings is 2. The summed E-state index contributed by atoms with van der Waals surface area (Å²) in [6.45, 7) is -2.32. The Kier molecular flexibility index (Phi) is 9.96. The minimum atomic E-state index is -6.35. The summed E-state index contributed by atoms with van der Waals surface area (Å²) < 4.78 is 67.8. The number of nitrogens with two attached hydrogens (primary N) is 2. The van der Waals surface area contributed by atoms with Gasteiger partial charge in [-0.1, -0.05) is 4.98 Å². The molecule has 11 atom stereocenters. The molecule has 0 saturated carbocycles. The lowest BCUT2D eigenvalue weighted by atomic mass is 10.1. The van der Waals surface area contributed by atoms with Crippen molar-refractivity contribution in [2.45, 2.75) is 49.1 Å². The fourth-order valence-electron chi connectivity index (χ4n) is 5.34. The van der Waals surface area contributed by atoms with Gasteiger partial charge >= 0.3 is 5.65 Å². The number of nitrogen functional groups attached to an aromatic ring is 2. The highest BCUT2D eigenvalue weighted by Gasteiger charge is 2.48. The fraction of sp³-hybridized carbons (Fsp3) is 0.524. The van der Waals surface area contributed by atoms with Gasteiger partial charge in [0.2, 0.25) is 11.7 Å². The van der Waals surface area contributed by atoms with Crippen LogP contribution in [-0.4, -0.2) is 104 Å². The average Bonchev–Trinajstić information content (AvgIpc) is 3.74. The molecule has 3 unspecified atom stereocenters. The number of ether oxygens (including phenoxy) is 2. The number of nitrogens with zero attached hydrogens (tertiary/aromatic N) is 7. The number of aliphatic hydroxyl groups excluding tert-OH is 4. The Hall–Kier alpha value is -3.33. The standard InChI is InChI=1S/C21H29N10O17P3/c1-29-6-31(17-10(29)18(36)28-21(23)27-17)20-14(35)12(33)8(46-20)3-44-50(39,40)48-51(41,42)47-49(37,38)43-2-7-11(32)13(34)19(45-7)30-5-26-9-15(22)24-4-25-16(9)30/h4-8,11-14,19-20,32-35H,2-3H2,1H3,(H7-,22,23,24,25,27,28,36,37,38,39,40,41,42)/p-2/t7-,8-,11-,12-,13-,14-,19-,20-/m1/s1. The van der Waals surface area contributed by atoms with Crippen molar-refractivity contribution >= 4 is 57.6 Å². The molecular weight excluding hydrogens is 757 g/mol. The van der Waals surface area contributed by atoms with Gasteiger partial charge in [0, 0.05) is 0 Å². The third-order valence-electron chi connectivity index (χ3n) is 7.59. The summed E-state index contributed by atoms with van der Waals surface area (Å²) in [5, 5.41) is 41.9. The van der Waals surface area contributed by atoms with E-state index in [1.54, 1.807) is 0 Å². The monoisotopic (exact) mass is 784 g/mol. The van der Waals surface area contributed by atoms with E-state index in [0.29, 0.717) is 0 Å². The number of fused-ring (bicyclic) bond motifs is 2. The highest BCUT2D eigenvalue weighted by Crippen LogP contribution is 2.63. The van der Waals surface area contributed by atoms with Gasteiger partial charge in [-0.05, 0) is 0 Å². The van der Waals surface area contributed by atoms with Crippen molar-refractivity contribution in [3.8, 4) is 0 Å². The summed E-state index contributed by atoms with van der Waals surface area (Å²) in [6, 6.07) is 0. The van der Waals surface area contributed by atoms with E-state index in [1.807, 2.05) is 0 Å². The molecule has 6 heterocycles. The number of aromatic amines is 1. The summed E-state index contributed by atoms with van der Waals surface area (Å²) in [7, 11) is -16.9. The summed E-state index contributed by atoms with van der Waals surface area (Å²) in [5.74, 6) is -0.300. The van der Waals surface area contributed by atoms with E-state index in [4.69, 9.17) is 20.9 Å². The number of phosphoric acid groups is 3. The van der Waals surface area contributed by atoms with Crippen LogP contribution in [0.5, 0.6) is 0 Å². The maximum absolute atomic E-state index is 12.3. The van der Waals surface area contributed by atoms with Crippen molar-refractivity contribution in [3.63, 3.8) is 0 Å². The van der Waals surface area contributed by atoms with Crippen molar-refractivity contribution in [1.29, 1.82) is 0 Å². The van der Waals surface area contributed by atoms with Crippen molar-refractivity contribution in [3.05, 3.63) is 29.3 Å². The lowest BCUT2D eigenvalue weighted by molar-refractivity contribution is -0.745. The molecule has 27 nitrogen and oxygen atoms in total. The van der Waals surface area contributed by atoms with E-state index >= 15 is 0 Å². The van der Waals surface area contributed by atoms with E-state index < -0.39 is 91.3 Å². The van der Waals surface area contributed by atoms with Crippen molar-refractivity contribution in [2.75, 3.05) is 24.7 Å². The van der Waals surface area contributed by atoms with Crippen LogP contribution in [-0.2, 0) is 47.9 Å². The van der Waals surface area contributed by atoms with E-state index in [-0.39, 0.29) is 34.1 Å². The molecule has 2 aliphatic rings. The number of hydrogen-bond donors (Lipinski definition) is 7. The van der Waals surface area contributed by atoms with Gasteiger partial charge in [0.05, 0.1) is 26.6 Å². The van der Waals surface area contributed by atoms with Crippen LogP contribution in [0.15, 0.2) is 23.8 Å². The predicted molar refractivity (Wildman–Crippen MR) is 154 cm³/mol. The highest BCUT2D eigenvalue weighted by molar-refractivity contribution is 7.65. The zero-order valence-corrected chi connectivity index (χ0v) is 28.2. The Labute approximate surface area is 282 Å². The zero-order valence-electron chi connectivity index (χ0n) is 25.5. The highest BCUT2D eigenvalue weighted by atomic mass is 31.3. The molecule has 2 aliphatic heterocycles. The van der Waals surface area contributed by atoms with E-state index in [0.717, 1.165) is 21.8 Å². The molecule has 9 N–H and O–H groups in total. The summed E-state index contributed by atoms with van der Waals surface area (Å²) in [6.07, 6.45) is -9.81. The summed E-state index contributed by atoms with van der Waals surface area (Å²) in [5.41, 5.74) is 10.8. The minimum absolute atomic E-state index is 0.00377. The summed E-state index contributed by atoms with van der Waals surface area (Å²) in [4.78, 5) is 67.1. The van der Waals surface area contributed by atoms with Crippen LogP contribution < -0.4 is 36.3 Å². The zero-order chi connectivity index (χ0) is 37.2. The Morgan fingerprint density at radius 1 is 0.922 bits per heavy atom.